The summed E-state index contributed by atoms with van der Waals surface area (Å²) in [6, 6.07) is 13.0. The van der Waals surface area contributed by atoms with E-state index in [1.807, 2.05) is 31.2 Å². The number of hydrogen-bond acceptors (Lipinski definition) is 3. The second-order valence-corrected chi connectivity index (χ2v) is 11.1. The van der Waals surface area contributed by atoms with E-state index in [0.29, 0.717) is 23.4 Å². The minimum Gasteiger partial charge on any atom is -0.497 e. The molecule has 0 aromatic heterocycles. The molecule has 0 atom stereocenters. The van der Waals surface area contributed by atoms with Gasteiger partial charge in [-0.3, -0.25) is 9.59 Å². The Hall–Kier alpha value is -2.62. The van der Waals surface area contributed by atoms with Crippen molar-refractivity contribution in [1.29, 1.82) is 0 Å². The maximum absolute atomic E-state index is 13.1. The number of ketones is 1. The first-order chi connectivity index (χ1) is 19.0. The molecule has 0 heterocycles. The van der Waals surface area contributed by atoms with Crippen LogP contribution in [0.4, 0.5) is 0 Å². The molecule has 0 aliphatic heterocycles. The van der Waals surface area contributed by atoms with Crippen molar-refractivity contribution in [3.05, 3.63) is 64.7 Å². The first-order valence-electron chi connectivity index (χ1n) is 15.6. The summed E-state index contributed by atoms with van der Waals surface area (Å²) in [6.45, 7) is 4.92. The molecule has 39 heavy (non-hydrogen) atoms. The van der Waals surface area contributed by atoms with E-state index in [4.69, 9.17) is 4.74 Å². The van der Waals surface area contributed by atoms with Gasteiger partial charge in [0, 0.05) is 18.5 Å². The summed E-state index contributed by atoms with van der Waals surface area (Å²) in [4.78, 5) is 26.0. The van der Waals surface area contributed by atoms with E-state index in [9.17, 15) is 9.59 Å². The smallest absolute Gasteiger partial charge is 0.252 e. The van der Waals surface area contributed by atoms with Crippen LogP contribution < -0.4 is 10.1 Å². The van der Waals surface area contributed by atoms with Crippen LogP contribution in [0.3, 0.4) is 0 Å². The molecule has 0 aliphatic carbocycles. The summed E-state index contributed by atoms with van der Waals surface area (Å²) in [5.74, 6) is 0.315. The fourth-order valence-corrected chi connectivity index (χ4v) is 5.15. The van der Waals surface area contributed by atoms with Gasteiger partial charge in [0.25, 0.3) is 5.91 Å². The molecule has 0 saturated heterocycles. The van der Waals surface area contributed by atoms with Gasteiger partial charge in [0.2, 0.25) is 0 Å². The molecule has 216 valence electrons. The molecule has 0 unspecified atom stereocenters. The Morgan fingerprint density at radius 3 is 1.79 bits per heavy atom. The molecule has 0 saturated carbocycles. The number of aryl methyl sites for hydroxylation is 1. The maximum Gasteiger partial charge on any atom is 0.252 e. The Balaban J connectivity index is 1.60. The first-order valence-corrected chi connectivity index (χ1v) is 15.6. The Morgan fingerprint density at radius 1 is 0.692 bits per heavy atom. The summed E-state index contributed by atoms with van der Waals surface area (Å²) < 4.78 is 5.32. The highest BCUT2D eigenvalue weighted by molar-refractivity contribution is 6.09. The number of ether oxygens (including phenoxy) is 1. The third-order valence-corrected chi connectivity index (χ3v) is 7.53. The van der Waals surface area contributed by atoms with Crippen LogP contribution in [0.15, 0.2) is 42.5 Å². The van der Waals surface area contributed by atoms with Crippen molar-refractivity contribution >= 4 is 11.7 Å². The number of unbranched alkanes of at least 4 members (excludes halogenated alkanes) is 15. The summed E-state index contributed by atoms with van der Waals surface area (Å²) in [6.07, 6.45) is 21.5. The van der Waals surface area contributed by atoms with Crippen LogP contribution in [0.2, 0.25) is 0 Å². The molecule has 2 aromatic rings. The number of carbonyl (C=O) groups excluding carboxylic acids is 2. The molecular formula is C35H53NO3. The standard InChI is InChI=1S/C35H53NO3/c1-4-5-6-7-8-9-10-11-12-13-14-15-16-17-18-19-25-36-35(38)32-24-23-31(39-3)28-33(32)34(37)27-30-22-20-21-29(2)26-30/h20-24,26,28H,4-19,25,27H2,1-3H3,(H,36,38). The van der Waals surface area contributed by atoms with Crippen LogP contribution in [-0.2, 0) is 6.42 Å². The minimum absolute atomic E-state index is 0.0768. The van der Waals surface area contributed by atoms with Crippen LogP contribution in [0, 0.1) is 6.92 Å². The zero-order valence-corrected chi connectivity index (χ0v) is 25.0. The molecule has 4 nitrogen and oxygen atoms in total. The zero-order valence-electron chi connectivity index (χ0n) is 25.0. The predicted molar refractivity (Wildman–Crippen MR) is 164 cm³/mol. The molecule has 4 heteroatoms. The minimum atomic E-state index is -0.189. The SMILES string of the molecule is CCCCCCCCCCCCCCCCCCNC(=O)c1ccc(OC)cc1C(=O)Cc1cccc(C)c1. The fraction of sp³-hybridized carbons (Fsp3) is 0.600. The molecule has 0 spiro atoms. The summed E-state index contributed by atoms with van der Waals surface area (Å²) in [5, 5.41) is 3.02. The molecule has 2 rings (SSSR count). The second kappa shape index (κ2) is 20.3. The van der Waals surface area contributed by atoms with Crippen molar-refractivity contribution in [2.75, 3.05) is 13.7 Å². The highest BCUT2D eigenvalue weighted by atomic mass is 16.5. The average molecular weight is 536 g/mol. The Bertz CT molecular complexity index is 968. The van der Waals surface area contributed by atoms with Crippen molar-refractivity contribution in [1.82, 2.24) is 5.32 Å². The number of hydrogen-bond donors (Lipinski definition) is 1. The van der Waals surface area contributed by atoms with Crippen molar-refractivity contribution in [3.63, 3.8) is 0 Å². The van der Waals surface area contributed by atoms with Crippen LogP contribution in [0.25, 0.3) is 0 Å². The van der Waals surface area contributed by atoms with Crippen LogP contribution >= 0.6 is 0 Å². The number of amides is 1. The molecule has 0 aliphatic rings. The lowest BCUT2D eigenvalue weighted by Gasteiger charge is -2.12. The number of rotatable bonds is 22. The van der Waals surface area contributed by atoms with Gasteiger partial charge < -0.3 is 10.1 Å². The van der Waals surface area contributed by atoms with Gasteiger partial charge in [-0.15, -0.1) is 0 Å². The highest BCUT2D eigenvalue weighted by Crippen LogP contribution is 2.21. The third kappa shape index (κ3) is 13.8. The number of Topliss-reactive ketones (excluding diaryl/α,β-unsaturated/α-hetero) is 1. The van der Waals surface area contributed by atoms with E-state index in [1.165, 1.54) is 89.9 Å². The van der Waals surface area contributed by atoms with Crippen molar-refractivity contribution in [2.24, 2.45) is 0 Å². The summed E-state index contributed by atoms with van der Waals surface area (Å²) in [5.41, 5.74) is 2.90. The van der Waals surface area contributed by atoms with E-state index in [1.54, 1.807) is 25.3 Å². The van der Waals surface area contributed by atoms with Crippen LogP contribution in [-0.4, -0.2) is 25.3 Å². The van der Waals surface area contributed by atoms with Gasteiger partial charge in [-0.05, 0) is 37.1 Å². The molecule has 1 amide bonds. The van der Waals surface area contributed by atoms with E-state index >= 15 is 0 Å². The van der Waals surface area contributed by atoms with Crippen LogP contribution in [0.1, 0.15) is 141 Å². The van der Waals surface area contributed by atoms with Gasteiger partial charge in [-0.25, -0.2) is 0 Å². The van der Waals surface area contributed by atoms with Gasteiger partial charge in [-0.1, -0.05) is 133 Å². The van der Waals surface area contributed by atoms with Crippen LogP contribution in [0.5, 0.6) is 5.75 Å². The number of benzene rings is 2. The topological polar surface area (TPSA) is 55.4 Å². The molecule has 1 N–H and O–H groups in total. The highest BCUT2D eigenvalue weighted by Gasteiger charge is 2.18. The number of methoxy groups -OCH3 is 1. The Kier molecular flexibility index (Phi) is 17.0. The fourth-order valence-electron chi connectivity index (χ4n) is 5.15. The predicted octanol–water partition coefficient (Wildman–Crippen LogP) is 9.42. The molecule has 2 aromatic carbocycles. The Labute approximate surface area is 238 Å². The second-order valence-electron chi connectivity index (χ2n) is 11.1. The molecular weight excluding hydrogens is 482 g/mol. The zero-order chi connectivity index (χ0) is 28.1. The molecule has 0 radical (unpaired) electrons. The Morgan fingerprint density at radius 2 is 1.26 bits per heavy atom. The third-order valence-electron chi connectivity index (χ3n) is 7.53. The summed E-state index contributed by atoms with van der Waals surface area (Å²) in [7, 11) is 1.57. The molecule has 0 bridgehead atoms. The lowest BCUT2D eigenvalue weighted by atomic mass is 9.97. The van der Waals surface area contributed by atoms with Gasteiger partial charge in [0.1, 0.15) is 5.75 Å². The first kappa shape index (κ1) is 32.6. The monoisotopic (exact) mass is 535 g/mol. The normalized spacial score (nSPS) is 10.9. The lowest BCUT2D eigenvalue weighted by Crippen LogP contribution is -2.26. The van der Waals surface area contributed by atoms with Crippen molar-refractivity contribution in [2.45, 2.75) is 123 Å². The van der Waals surface area contributed by atoms with Crippen molar-refractivity contribution < 1.29 is 14.3 Å². The number of carbonyl (C=O) groups is 2. The maximum atomic E-state index is 13.1. The molecule has 0 fully saturated rings. The quantitative estimate of drug-likeness (QED) is 0.121. The summed E-state index contributed by atoms with van der Waals surface area (Å²) >= 11 is 0. The van der Waals surface area contributed by atoms with Gasteiger partial charge >= 0.3 is 0 Å². The van der Waals surface area contributed by atoms with E-state index in [-0.39, 0.29) is 18.1 Å². The lowest BCUT2D eigenvalue weighted by molar-refractivity contribution is 0.0933. The van der Waals surface area contributed by atoms with Crippen molar-refractivity contribution in [3.8, 4) is 5.75 Å². The van der Waals surface area contributed by atoms with Gasteiger partial charge in [0.05, 0.1) is 12.7 Å². The average Bonchev–Trinajstić information content (AvgIpc) is 2.94. The van der Waals surface area contributed by atoms with E-state index in [0.717, 1.165) is 24.0 Å². The number of nitrogens with one attached hydrogen (secondary N) is 1. The van der Waals surface area contributed by atoms with E-state index < -0.39 is 0 Å². The van der Waals surface area contributed by atoms with Gasteiger partial charge in [-0.2, -0.15) is 0 Å². The van der Waals surface area contributed by atoms with Gasteiger partial charge in [0.15, 0.2) is 5.78 Å². The van der Waals surface area contributed by atoms with E-state index in [2.05, 4.69) is 12.2 Å². The largest absolute Gasteiger partial charge is 0.497 e.